The van der Waals surface area contributed by atoms with E-state index in [4.69, 9.17) is 17.3 Å². The number of hydrogen-bond acceptors (Lipinski definition) is 3. The molecule has 0 spiro atoms. The van der Waals surface area contributed by atoms with Crippen LogP contribution in [0, 0.1) is 11.8 Å². The summed E-state index contributed by atoms with van der Waals surface area (Å²) in [7, 11) is 0. The van der Waals surface area contributed by atoms with E-state index in [2.05, 4.69) is 5.32 Å². The number of halogens is 1. The van der Waals surface area contributed by atoms with Gasteiger partial charge in [0.1, 0.15) is 5.72 Å². The summed E-state index contributed by atoms with van der Waals surface area (Å²) in [6.07, 6.45) is 3.10. The SMILES string of the molecule is NC1(O)C2CCC1C(NCc1ccc(Cl)cc1)C2. The molecule has 3 rings (SSSR count). The highest BCUT2D eigenvalue weighted by atomic mass is 35.5. The third-order valence-electron chi connectivity index (χ3n) is 4.58. The molecule has 98 valence electrons. The van der Waals surface area contributed by atoms with E-state index < -0.39 is 5.72 Å². The Kier molecular flexibility index (Phi) is 3.10. The van der Waals surface area contributed by atoms with Crippen molar-refractivity contribution in [3.8, 4) is 0 Å². The number of hydrogen-bond donors (Lipinski definition) is 3. The van der Waals surface area contributed by atoms with Crippen LogP contribution in [-0.2, 0) is 6.54 Å². The van der Waals surface area contributed by atoms with Crippen LogP contribution < -0.4 is 11.1 Å². The van der Waals surface area contributed by atoms with E-state index in [0.29, 0.717) is 6.04 Å². The number of aliphatic hydroxyl groups is 1. The molecule has 0 amide bonds. The van der Waals surface area contributed by atoms with Gasteiger partial charge >= 0.3 is 0 Å². The number of nitrogens with one attached hydrogen (secondary N) is 1. The van der Waals surface area contributed by atoms with Crippen LogP contribution >= 0.6 is 11.6 Å². The van der Waals surface area contributed by atoms with Gasteiger partial charge in [-0.1, -0.05) is 23.7 Å². The van der Waals surface area contributed by atoms with Gasteiger partial charge in [-0.15, -0.1) is 0 Å². The molecule has 1 aromatic carbocycles. The Morgan fingerprint density at radius 2 is 2.06 bits per heavy atom. The zero-order valence-corrected chi connectivity index (χ0v) is 11.0. The molecule has 2 fully saturated rings. The summed E-state index contributed by atoms with van der Waals surface area (Å²) in [5.41, 5.74) is 6.27. The lowest BCUT2D eigenvalue weighted by molar-refractivity contribution is -0.00180. The first-order valence-corrected chi connectivity index (χ1v) is 6.94. The summed E-state index contributed by atoms with van der Waals surface area (Å²) in [5, 5.41) is 14.5. The van der Waals surface area contributed by atoms with E-state index in [1.807, 2.05) is 24.3 Å². The van der Waals surface area contributed by atoms with Crippen molar-refractivity contribution in [3.05, 3.63) is 34.9 Å². The van der Waals surface area contributed by atoms with Gasteiger partial charge < -0.3 is 16.2 Å². The third-order valence-corrected chi connectivity index (χ3v) is 4.83. The molecule has 4 unspecified atom stereocenters. The van der Waals surface area contributed by atoms with Gasteiger partial charge in [0.2, 0.25) is 0 Å². The fraction of sp³-hybridized carbons (Fsp3) is 0.571. The van der Waals surface area contributed by atoms with Crippen molar-refractivity contribution in [1.82, 2.24) is 5.32 Å². The molecule has 2 aliphatic carbocycles. The van der Waals surface area contributed by atoms with Crippen molar-refractivity contribution in [2.24, 2.45) is 17.6 Å². The summed E-state index contributed by atoms with van der Waals surface area (Å²) >= 11 is 5.86. The van der Waals surface area contributed by atoms with E-state index >= 15 is 0 Å². The highest BCUT2D eigenvalue weighted by Crippen LogP contribution is 2.49. The Bertz CT molecular complexity index is 432. The van der Waals surface area contributed by atoms with Crippen LogP contribution in [0.25, 0.3) is 0 Å². The third kappa shape index (κ3) is 2.05. The summed E-state index contributed by atoms with van der Waals surface area (Å²) in [6.45, 7) is 0.807. The molecule has 2 saturated carbocycles. The molecule has 3 nitrogen and oxygen atoms in total. The topological polar surface area (TPSA) is 58.3 Å². The molecule has 0 saturated heterocycles. The fourth-order valence-electron chi connectivity index (χ4n) is 3.52. The van der Waals surface area contributed by atoms with Gasteiger partial charge in [0, 0.05) is 29.4 Å². The maximum Gasteiger partial charge on any atom is 0.120 e. The van der Waals surface area contributed by atoms with Crippen molar-refractivity contribution in [1.29, 1.82) is 0 Å². The van der Waals surface area contributed by atoms with Crippen molar-refractivity contribution in [2.45, 2.75) is 37.6 Å². The molecule has 2 aliphatic rings. The highest BCUT2D eigenvalue weighted by Gasteiger charge is 2.55. The minimum absolute atomic E-state index is 0.204. The Labute approximate surface area is 112 Å². The lowest BCUT2D eigenvalue weighted by Crippen LogP contribution is -2.47. The van der Waals surface area contributed by atoms with Gasteiger partial charge in [-0.2, -0.15) is 0 Å². The van der Waals surface area contributed by atoms with Crippen molar-refractivity contribution in [2.75, 3.05) is 0 Å². The first-order chi connectivity index (χ1) is 8.57. The van der Waals surface area contributed by atoms with Crippen LogP contribution in [0.5, 0.6) is 0 Å². The molecular formula is C14H19ClN2O. The summed E-state index contributed by atoms with van der Waals surface area (Å²) in [5.74, 6) is 0.472. The van der Waals surface area contributed by atoms with Crippen LogP contribution in [0.15, 0.2) is 24.3 Å². The molecule has 18 heavy (non-hydrogen) atoms. The summed E-state index contributed by atoms with van der Waals surface area (Å²) in [4.78, 5) is 0. The second-order valence-electron chi connectivity index (χ2n) is 5.62. The summed E-state index contributed by atoms with van der Waals surface area (Å²) < 4.78 is 0. The van der Waals surface area contributed by atoms with Crippen LogP contribution in [0.3, 0.4) is 0 Å². The normalized spacial score (nSPS) is 38.3. The van der Waals surface area contributed by atoms with Gasteiger partial charge in [-0.05, 0) is 37.0 Å². The lowest BCUT2D eigenvalue weighted by Gasteiger charge is -2.26. The minimum Gasteiger partial charge on any atom is -0.375 e. The van der Waals surface area contributed by atoms with Crippen molar-refractivity contribution in [3.63, 3.8) is 0 Å². The highest BCUT2D eigenvalue weighted by molar-refractivity contribution is 6.30. The number of fused-ring (bicyclic) bond motifs is 2. The van der Waals surface area contributed by atoms with E-state index in [0.717, 1.165) is 30.8 Å². The predicted molar refractivity (Wildman–Crippen MR) is 72.0 cm³/mol. The molecule has 0 aromatic heterocycles. The first-order valence-electron chi connectivity index (χ1n) is 6.56. The fourth-order valence-corrected chi connectivity index (χ4v) is 3.65. The average molecular weight is 267 g/mol. The van der Waals surface area contributed by atoms with Gasteiger partial charge in [0.25, 0.3) is 0 Å². The minimum atomic E-state index is -0.947. The van der Waals surface area contributed by atoms with Gasteiger partial charge in [-0.3, -0.25) is 0 Å². The Morgan fingerprint density at radius 3 is 2.61 bits per heavy atom. The standard InChI is InChI=1S/C14H19ClN2O/c15-11-4-1-9(2-5-11)8-17-13-7-10-3-6-12(13)14(10,16)18/h1-2,4-5,10,12-13,17-18H,3,6-8,16H2. The second kappa shape index (κ2) is 4.49. The maximum absolute atomic E-state index is 10.2. The predicted octanol–water partition coefficient (Wildman–Crippen LogP) is 1.88. The van der Waals surface area contributed by atoms with Crippen molar-refractivity contribution >= 4 is 11.6 Å². The second-order valence-corrected chi connectivity index (χ2v) is 6.05. The maximum atomic E-state index is 10.2. The zero-order chi connectivity index (χ0) is 12.8. The lowest BCUT2D eigenvalue weighted by atomic mass is 9.95. The van der Waals surface area contributed by atoms with Gasteiger partial charge in [-0.25, -0.2) is 0 Å². The van der Waals surface area contributed by atoms with Crippen LogP contribution in [-0.4, -0.2) is 16.9 Å². The molecule has 0 heterocycles. The quantitative estimate of drug-likeness (QED) is 0.732. The molecule has 2 bridgehead atoms. The molecular weight excluding hydrogens is 248 g/mol. The van der Waals surface area contributed by atoms with Gasteiger partial charge in [0.15, 0.2) is 0 Å². The number of rotatable bonds is 3. The van der Waals surface area contributed by atoms with E-state index in [1.54, 1.807) is 0 Å². The van der Waals surface area contributed by atoms with Crippen molar-refractivity contribution < 1.29 is 5.11 Å². The Hall–Kier alpha value is -0.610. The van der Waals surface area contributed by atoms with E-state index in [1.165, 1.54) is 5.56 Å². The molecule has 1 aromatic rings. The van der Waals surface area contributed by atoms with Crippen LogP contribution in [0.4, 0.5) is 0 Å². The van der Waals surface area contributed by atoms with E-state index in [-0.39, 0.29) is 11.8 Å². The largest absolute Gasteiger partial charge is 0.375 e. The molecule has 0 radical (unpaired) electrons. The molecule has 0 aliphatic heterocycles. The smallest absolute Gasteiger partial charge is 0.120 e. The zero-order valence-electron chi connectivity index (χ0n) is 10.3. The van der Waals surface area contributed by atoms with E-state index in [9.17, 15) is 5.11 Å². The Morgan fingerprint density at radius 1 is 1.33 bits per heavy atom. The average Bonchev–Trinajstić information content (AvgIpc) is 2.77. The summed E-state index contributed by atoms with van der Waals surface area (Å²) in [6, 6.07) is 8.19. The molecule has 4 heteroatoms. The first kappa shape index (κ1) is 12.4. The monoisotopic (exact) mass is 266 g/mol. The molecule has 4 atom stereocenters. The molecule has 4 N–H and O–H groups in total. The van der Waals surface area contributed by atoms with Crippen LogP contribution in [0.1, 0.15) is 24.8 Å². The van der Waals surface area contributed by atoms with Crippen LogP contribution in [0.2, 0.25) is 5.02 Å². The number of nitrogens with two attached hydrogens (primary N) is 1. The Balaban J connectivity index is 1.61. The number of benzene rings is 1. The van der Waals surface area contributed by atoms with Gasteiger partial charge in [0.05, 0.1) is 0 Å².